The van der Waals surface area contributed by atoms with Crippen LogP contribution in [0.1, 0.15) is 34.1 Å². The van der Waals surface area contributed by atoms with E-state index in [1.807, 2.05) is 20.8 Å². The molecule has 18 heavy (non-hydrogen) atoms. The summed E-state index contributed by atoms with van der Waals surface area (Å²) in [5.74, 6) is -0.686. The molecule has 0 rings (SSSR count). The van der Waals surface area contributed by atoms with E-state index in [0.717, 1.165) is 0 Å². The van der Waals surface area contributed by atoms with Crippen molar-refractivity contribution in [3.63, 3.8) is 0 Å². The van der Waals surface area contributed by atoms with Crippen molar-refractivity contribution in [2.75, 3.05) is 13.2 Å². The lowest BCUT2D eigenvalue weighted by Crippen LogP contribution is -2.49. The highest BCUT2D eigenvalue weighted by Gasteiger charge is 2.18. The number of carbonyl (C=O) groups is 2. The third-order valence-corrected chi connectivity index (χ3v) is 2.48. The minimum Gasteiger partial charge on any atom is -0.481 e. The summed E-state index contributed by atoms with van der Waals surface area (Å²) in [5.41, 5.74) is 0. The fraction of sp³-hybridized carbons (Fsp3) is 0.833. The zero-order valence-electron chi connectivity index (χ0n) is 11.5. The average molecular weight is 260 g/mol. The molecule has 2 atom stereocenters. The third kappa shape index (κ3) is 7.89. The maximum absolute atomic E-state index is 11.6. The minimum absolute atomic E-state index is 0.0815. The Morgan fingerprint density at radius 3 is 2.28 bits per heavy atom. The highest BCUT2D eigenvalue weighted by atomic mass is 16.5. The van der Waals surface area contributed by atoms with Crippen molar-refractivity contribution >= 4 is 12.0 Å². The van der Waals surface area contributed by atoms with Crippen molar-refractivity contribution in [1.82, 2.24) is 10.6 Å². The van der Waals surface area contributed by atoms with E-state index < -0.39 is 12.0 Å². The predicted molar refractivity (Wildman–Crippen MR) is 68.5 cm³/mol. The van der Waals surface area contributed by atoms with Crippen molar-refractivity contribution in [3.05, 3.63) is 0 Å². The van der Waals surface area contributed by atoms with E-state index >= 15 is 0 Å². The Bertz CT molecular complexity index is 269. The van der Waals surface area contributed by atoms with Crippen LogP contribution in [-0.2, 0) is 9.53 Å². The first-order chi connectivity index (χ1) is 8.36. The monoisotopic (exact) mass is 260 g/mol. The van der Waals surface area contributed by atoms with Gasteiger partial charge in [-0.25, -0.2) is 4.79 Å². The fourth-order valence-corrected chi connectivity index (χ4v) is 1.39. The fourth-order valence-electron chi connectivity index (χ4n) is 1.39. The maximum Gasteiger partial charge on any atom is 0.315 e. The van der Waals surface area contributed by atoms with Crippen LogP contribution in [0.25, 0.3) is 0 Å². The van der Waals surface area contributed by atoms with Crippen LogP contribution in [0, 0.1) is 5.92 Å². The summed E-state index contributed by atoms with van der Waals surface area (Å²) in [6.45, 7) is 8.58. The van der Waals surface area contributed by atoms with Crippen LogP contribution < -0.4 is 10.6 Å². The lowest BCUT2D eigenvalue weighted by molar-refractivity contribution is -0.137. The number of ether oxygens (including phenoxy) is 1. The van der Waals surface area contributed by atoms with Crippen LogP contribution in [0.15, 0.2) is 0 Å². The lowest BCUT2D eigenvalue weighted by Gasteiger charge is -2.23. The Kier molecular flexibility index (Phi) is 8.11. The number of hydrogen-bond donors (Lipinski definition) is 3. The van der Waals surface area contributed by atoms with Gasteiger partial charge in [-0.05, 0) is 19.8 Å². The Labute approximate surface area is 108 Å². The van der Waals surface area contributed by atoms with Gasteiger partial charge in [0.15, 0.2) is 0 Å². The molecule has 0 saturated heterocycles. The molecule has 0 aliphatic heterocycles. The van der Waals surface area contributed by atoms with Gasteiger partial charge < -0.3 is 20.5 Å². The minimum atomic E-state index is -0.933. The number of carboxylic acid groups (broad SMARTS) is 1. The van der Waals surface area contributed by atoms with E-state index in [2.05, 4.69) is 10.6 Å². The SMILES string of the molecule is CCOCC(NC(=O)NC(C)CC(=O)O)C(C)C. The normalized spacial score (nSPS) is 14.1. The Morgan fingerprint density at radius 2 is 1.83 bits per heavy atom. The maximum atomic E-state index is 11.6. The molecule has 0 aliphatic rings. The van der Waals surface area contributed by atoms with Gasteiger partial charge in [-0.2, -0.15) is 0 Å². The molecule has 0 fully saturated rings. The molecule has 2 amide bonds. The molecule has 0 radical (unpaired) electrons. The molecular weight excluding hydrogens is 236 g/mol. The van der Waals surface area contributed by atoms with Crippen molar-refractivity contribution in [1.29, 1.82) is 0 Å². The topological polar surface area (TPSA) is 87.7 Å². The van der Waals surface area contributed by atoms with Gasteiger partial charge in [-0.1, -0.05) is 13.8 Å². The molecule has 3 N–H and O–H groups in total. The lowest BCUT2D eigenvalue weighted by atomic mass is 10.1. The molecule has 0 aromatic heterocycles. The van der Waals surface area contributed by atoms with E-state index in [9.17, 15) is 9.59 Å². The zero-order valence-corrected chi connectivity index (χ0v) is 11.5. The van der Waals surface area contributed by atoms with Gasteiger partial charge in [0, 0.05) is 12.6 Å². The number of aliphatic carboxylic acids is 1. The first kappa shape index (κ1) is 16.7. The number of urea groups is 1. The van der Waals surface area contributed by atoms with Crippen LogP contribution in [0.4, 0.5) is 4.79 Å². The van der Waals surface area contributed by atoms with Gasteiger partial charge in [-0.3, -0.25) is 4.79 Å². The second-order valence-corrected chi connectivity index (χ2v) is 4.63. The molecule has 6 nitrogen and oxygen atoms in total. The van der Waals surface area contributed by atoms with Crippen molar-refractivity contribution < 1.29 is 19.4 Å². The standard InChI is InChI=1S/C12H24N2O4/c1-5-18-7-10(8(2)3)14-12(17)13-9(4)6-11(15)16/h8-10H,5-7H2,1-4H3,(H,15,16)(H2,13,14,17). The molecule has 0 bridgehead atoms. The number of amides is 2. The molecular formula is C12H24N2O4. The summed E-state index contributed by atoms with van der Waals surface area (Å²) < 4.78 is 5.29. The number of carboxylic acids is 1. The Morgan fingerprint density at radius 1 is 1.22 bits per heavy atom. The summed E-state index contributed by atoms with van der Waals surface area (Å²) in [7, 11) is 0. The first-order valence-corrected chi connectivity index (χ1v) is 6.23. The second kappa shape index (κ2) is 8.74. The summed E-state index contributed by atoms with van der Waals surface area (Å²) in [6, 6.07) is -0.841. The Balaban J connectivity index is 4.12. The zero-order chi connectivity index (χ0) is 14.1. The number of hydrogen-bond acceptors (Lipinski definition) is 3. The van der Waals surface area contributed by atoms with Crippen LogP contribution in [0.3, 0.4) is 0 Å². The van der Waals surface area contributed by atoms with Crippen LogP contribution in [-0.4, -0.2) is 42.4 Å². The molecule has 0 heterocycles. The number of rotatable bonds is 8. The highest BCUT2D eigenvalue weighted by molar-refractivity contribution is 5.75. The number of carbonyl (C=O) groups excluding carboxylic acids is 1. The van der Waals surface area contributed by atoms with Gasteiger partial charge in [0.1, 0.15) is 0 Å². The van der Waals surface area contributed by atoms with Gasteiger partial charge in [0.05, 0.1) is 19.1 Å². The summed E-state index contributed by atoms with van der Waals surface area (Å²) in [4.78, 5) is 22.1. The Hall–Kier alpha value is -1.30. The van der Waals surface area contributed by atoms with E-state index in [-0.39, 0.29) is 24.4 Å². The van der Waals surface area contributed by atoms with Crippen molar-refractivity contribution in [2.45, 2.75) is 46.2 Å². The van der Waals surface area contributed by atoms with Gasteiger partial charge in [0.25, 0.3) is 0 Å². The van der Waals surface area contributed by atoms with Crippen molar-refractivity contribution in [3.8, 4) is 0 Å². The third-order valence-electron chi connectivity index (χ3n) is 2.48. The summed E-state index contributed by atoms with van der Waals surface area (Å²) >= 11 is 0. The molecule has 2 unspecified atom stereocenters. The molecule has 0 aromatic carbocycles. The largest absolute Gasteiger partial charge is 0.481 e. The van der Waals surface area contributed by atoms with Crippen molar-refractivity contribution in [2.24, 2.45) is 5.92 Å². The predicted octanol–water partition coefficient (Wildman–Crippen LogP) is 1.21. The smallest absolute Gasteiger partial charge is 0.315 e. The van der Waals surface area contributed by atoms with Crippen LogP contribution >= 0.6 is 0 Å². The van der Waals surface area contributed by atoms with E-state index in [1.54, 1.807) is 6.92 Å². The van der Waals surface area contributed by atoms with Gasteiger partial charge in [-0.15, -0.1) is 0 Å². The van der Waals surface area contributed by atoms with E-state index in [1.165, 1.54) is 0 Å². The molecule has 0 spiro atoms. The van der Waals surface area contributed by atoms with Gasteiger partial charge in [0.2, 0.25) is 0 Å². The number of nitrogens with one attached hydrogen (secondary N) is 2. The quantitative estimate of drug-likeness (QED) is 0.612. The molecule has 0 aliphatic carbocycles. The molecule has 0 aromatic rings. The van der Waals surface area contributed by atoms with Gasteiger partial charge >= 0.3 is 12.0 Å². The summed E-state index contributed by atoms with van der Waals surface area (Å²) in [6.07, 6.45) is -0.0920. The molecule has 0 saturated carbocycles. The van der Waals surface area contributed by atoms with Crippen LogP contribution in [0.5, 0.6) is 0 Å². The summed E-state index contributed by atoms with van der Waals surface area (Å²) in [5, 5.41) is 14.0. The average Bonchev–Trinajstić information content (AvgIpc) is 2.22. The first-order valence-electron chi connectivity index (χ1n) is 6.23. The van der Waals surface area contributed by atoms with E-state index in [0.29, 0.717) is 13.2 Å². The second-order valence-electron chi connectivity index (χ2n) is 4.63. The molecule has 106 valence electrons. The highest BCUT2D eigenvalue weighted by Crippen LogP contribution is 2.02. The molecule has 6 heteroatoms. The van der Waals surface area contributed by atoms with E-state index in [4.69, 9.17) is 9.84 Å². The van der Waals surface area contributed by atoms with Crippen LogP contribution in [0.2, 0.25) is 0 Å².